The Labute approximate surface area is 144 Å². The van der Waals surface area contributed by atoms with Crippen molar-refractivity contribution in [2.24, 2.45) is 5.10 Å². The first-order valence-corrected chi connectivity index (χ1v) is 8.54. The molecule has 22 heavy (non-hydrogen) atoms. The molecule has 0 bridgehead atoms. The fourth-order valence-corrected chi connectivity index (χ4v) is 3.08. The lowest BCUT2D eigenvalue weighted by atomic mass is 10.2. The summed E-state index contributed by atoms with van der Waals surface area (Å²) in [6.07, 6.45) is 1.97. The molecule has 2 heterocycles. The monoisotopic (exact) mass is 409 g/mol. The number of ether oxygens (including phenoxy) is 1. The first-order valence-electron chi connectivity index (χ1n) is 7.47. The van der Waals surface area contributed by atoms with Gasteiger partial charge in [-0.1, -0.05) is 0 Å². The van der Waals surface area contributed by atoms with Gasteiger partial charge in [-0.2, -0.15) is 5.10 Å². The van der Waals surface area contributed by atoms with Crippen molar-refractivity contribution in [3.8, 4) is 5.69 Å². The molecule has 1 aliphatic heterocycles. The third-order valence-corrected chi connectivity index (χ3v) is 4.62. The van der Waals surface area contributed by atoms with Crippen LogP contribution < -0.4 is 0 Å². The first kappa shape index (κ1) is 15.6. The van der Waals surface area contributed by atoms with Gasteiger partial charge in [-0.15, -0.1) is 0 Å². The highest BCUT2D eigenvalue weighted by atomic mass is 127. The number of nitrogens with zero attached hydrogens (tertiary/aromatic N) is 3. The van der Waals surface area contributed by atoms with Crippen molar-refractivity contribution < 1.29 is 4.74 Å². The van der Waals surface area contributed by atoms with Gasteiger partial charge in [0, 0.05) is 26.2 Å². The number of halogens is 1. The highest BCUT2D eigenvalue weighted by molar-refractivity contribution is 14.1. The van der Waals surface area contributed by atoms with Gasteiger partial charge in [-0.3, -0.25) is 5.01 Å². The number of hydrogen-bond donors (Lipinski definition) is 0. The zero-order valence-corrected chi connectivity index (χ0v) is 15.1. The number of morpholine rings is 1. The molecule has 1 aromatic heterocycles. The Balaban J connectivity index is 1.86. The highest BCUT2D eigenvalue weighted by Crippen LogP contribution is 2.20. The van der Waals surface area contributed by atoms with E-state index in [0.29, 0.717) is 0 Å². The minimum atomic E-state index is 0.763. The third kappa shape index (κ3) is 3.35. The molecule has 0 radical (unpaired) electrons. The number of aromatic nitrogens is 1. The molecule has 116 valence electrons. The zero-order chi connectivity index (χ0) is 15.5. The number of aryl methyl sites for hydroxylation is 1. The average Bonchev–Trinajstić information content (AvgIpc) is 2.82. The molecule has 2 aromatic rings. The summed E-state index contributed by atoms with van der Waals surface area (Å²) in [5.41, 5.74) is 4.81. The number of rotatable bonds is 3. The Morgan fingerprint density at radius 2 is 1.82 bits per heavy atom. The van der Waals surface area contributed by atoms with Crippen LogP contribution in [0.15, 0.2) is 35.4 Å². The molecule has 4 nitrogen and oxygen atoms in total. The molecule has 0 aliphatic carbocycles. The Hall–Kier alpha value is -1.34. The van der Waals surface area contributed by atoms with Crippen LogP contribution in [0.3, 0.4) is 0 Å². The lowest BCUT2D eigenvalue weighted by Crippen LogP contribution is -2.32. The topological polar surface area (TPSA) is 29.8 Å². The van der Waals surface area contributed by atoms with E-state index in [1.54, 1.807) is 0 Å². The van der Waals surface area contributed by atoms with Gasteiger partial charge >= 0.3 is 0 Å². The second-order valence-corrected chi connectivity index (χ2v) is 6.69. The lowest BCUT2D eigenvalue weighted by Gasteiger charge is -2.23. The molecule has 1 saturated heterocycles. The van der Waals surface area contributed by atoms with Gasteiger partial charge in [-0.25, -0.2) is 0 Å². The molecule has 1 fully saturated rings. The Bertz CT molecular complexity index is 670. The zero-order valence-electron chi connectivity index (χ0n) is 12.9. The molecule has 3 rings (SSSR count). The SMILES string of the molecule is Cc1cc(/C=N/N2CCOCC2)c(C)n1-c1ccc(I)cc1. The normalized spacial score (nSPS) is 15.7. The van der Waals surface area contributed by atoms with Crippen LogP contribution in [-0.4, -0.2) is 42.1 Å². The quantitative estimate of drug-likeness (QED) is 0.575. The van der Waals surface area contributed by atoms with Gasteiger partial charge in [0.2, 0.25) is 0 Å². The van der Waals surface area contributed by atoms with E-state index < -0.39 is 0 Å². The number of hydrazone groups is 1. The van der Waals surface area contributed by atoms with Crippen LogP contribution in [0.4, 0.5) is 0 Å². The van der Waals surface area contributed by atoms with E-state index in [4.69, 9.17) is 4.74 Å². The molecular formula is C17H20IN3O. The van der Waals surface area contributed by atoms with E-state index in [1.807, 2.05) is 6.21 Å². The fraction of sp³-hybridized carbons (Fsp3) is 0.353. The first-order chi connectivity index (χ1) is 10.6. The molecule has 0 unspecified atom stereocenters. The summed E-state index contributed by atoms with van der Waals surface area (Å²) in [5, 5.41) is 6.66. The standard InChI is InChI=1S/C17H20IN3O/c1-13-11-15(12-19-20-7-9-22-10-8-20)14(2)21(13)17-5-3-16(18)4-6-17/h3-6,11-12H,7-10H2,1-2H3/b19-12+. The van der Waals surface area contributed by atoms with Crippen LogP contribution in [0.25, 0.3) is 5.69 Å². The molecule has 5 heteroatoms. The summed E-state index contributed by atoms with van der Waals surface area (Å²) < 4.78 is 8.87. The van der Waals surface area contributed by atoms with E-state index in [2.05, 4.69) is 81.4 Å². The summed E-state index contributed by atoms with van der Waals surface area (Å²) in [6, 6.07) is 10.8. The van der Waals surface area contributed by atoms with E-state index in [-0.39, 0.29) is 0 Å². The molecule has 0 amide bonds. The van der Waals surface area contributed by atoms with E-state index in [1.165, 1.54) is 26.2 Å². The maximum Gasteiger partial charge on any atom is 0.0659 e. The summed E-state index contributed by atoms with van der Waals surface area (Å²) in [7, 11) is 0. The van der Waals surface area contributed by atoms with Crippen LogP contribution >= 0.6 is 22.6 Å². The fourth-order valence-electron chi connectivity index (χ4n) is 2.72. The second kappa shape index (κ2) is 6.83. The van der Waals surface area contributed by atoms with Gasteiger partial charge in [0.05, 0.1) is 32.5 Å². The van der Waals surface area contributed by atoms with E-state index in [0.717, 1.165) is 26.3 Å². The number of benzene rings is 1. The molecule has 1 aliphatic rings. The smallest absolute Gasteiger partial charge is 0.0659 e. The van der Waals surface area contributed by atoms with Crippen LogP contribution in [0.2, 0.25) is 0 Å². The summed E-state index contributed by atoms with van der Waals surface area (Å²) in [6.45, 7) is 7.54. The van der Waals surface area contributed by atoms with Crippen molar-refractivity contribution in [3.63, 3.8) is 0 Å². The molecule has 0 saturated carbocycles. The molecule has 0 spiro atoms. The molecular weight excluding hydrogens is 389 g/mol. The highest BCUT2D eigenvalue weighted by Gasteiger charge is 2.11. The number of hydrogen-bond acceptors (Lipinski definition) is 3. The van der Waals surface area contributed by atoms with Gasteiger partial charge in [0.15, 0.2) is 0 Å². The Kier molecular flexibility index (Phi) is 4.83. The minimum absolute atomic E-state index is 0.763. The van der Waals surface area contributed by atoms with Crippen molar-refractivity contribution in [2.45, 2.75) is 13.8 Å². The van der Waals surface area contributed by atoms with Crippen LogP contribution in [-0.2, 0) is 4.74 Å². The Morgan fingerprint density at radius 1 is 1.14 bits per heavy atom. The second-order valence-electron chi connectivity index (χ2n) is 5.45. The van der Waals surface area contributed by atoms with Gasteiger partial charge in [-0.05, 0) is 66.8 Å². The predicted octanol–water partition coefficient (Wildman–Crippen LogP) is 3.36. The van der Waals surface area contributed by atoms with E-state index in [9.17, 15) is 0 Å². The molecule has 1 aromatic carbocycles. The van der Waals surface area contributed by atoms with Crippen molar-refractivity contribution in [3.05, 3.63) is 50.9 Å². The van der Waals surface area contributed by atoms with Crippen molar-refractivity contribution in [1.29, 1.82) is 0 Å². The van der Waals surface area contributed by atoms with Crippen molar-refractivity contribution in [2.75, 3.05) is 26.3 Å². The molecule has 0 atom stereocenters. The van der Waals surface area contributed by atoms with E-state index >= 15 is 0 Å². The van der Waals surface area contributed by atoms with Crippen LogP contribution in [0.1, 0.15) is 17.0 Å². The van der Waals surface area contributed by atoms with Gasteiger partial charge in [0.25, 0.3) is 0 Å². The maximum atomic E-state index is 5.35. The summed E-state index contributed by atoms with van der Waals surface area (Å²) >= 11 is 2.33. The van der Waals surface area contributed by atoms with Crippen LogP contribution in [0.5, 0.6) is 0 Å². The van der Waals surface area contributed by atoms with Crippen molar-refractivity contribution >= 4 is 28.8 Å². The van der Waals surface area contributed by atoms with Crippen LogP contribution in [0, 0.1) is 17.4 Å². The van der Waals surface area contributed by atoms with Gasteiger partial charge < -0.3 is 9.30 Å². The van der Waals surface area contributed by atoms with Gasteiger partial charge in [0.1, 0.15) is 0 Å². The maximum absolute atomic E-state index is 5.35. The lowest BCUT2D eigenvalue weighted by molar-refractivity contribution is 0.0397. The largest absolute Gasteiger partial charge is 0.378 e. The third-order valence-electron chi connectivity index (χ3n) is 3.90. The average molecular weight is 409 g/mol. The molecule has 0 N–H and O–H groups in total. The summed E-state index contributed by atoms with van der Waals surface area (Å²) in [4.78, 5) is 0. The predicted molar refractivity (Wildman–Crippen MR) is 97.9 cm³/mol. The minimum Gasteiger partial charge on any atom is -0.378 e. The Morgan fingerprint density at radius 3 is 2.50 bits per heavy atom. The summed E-state index contributed by atoms with van der Waals surface area (Å²) in [5.74, 6) is 0. The van der Waals surface area contributed by atoms with Crippen molar-refractivity contribution in [1.82, 2.24) is 9.58 Å².